The SMILES string of the molecule is CSCCC(N)C(=O)NC(Cc1ccc(O)cc1)C(=O)NC(CO)C(=O)NC(C(=O)O)C(C)C. The summed E-state index contributed by atoms with van der Waals surface area (Å²) < 4.78 is 0. The summed E-state index contributed by atoms with van der Waals surface area (Å²) in [6.45, 7) is 2.43. The van der Waals surface area contributed by atoms with E-state index in [1.54, 1.807) is 26.0 Å². The first kappa shape index (κ1) is 29.2. The number of hydrogen-bond acceptors (Lipinski definition) is 8. The van der Waals surface area contributed by atoms with Gasteiger partial charge in [-0.3, -0.25) is 14.4 Å². The van der Waals surface area contributed by atoms with Crippen LogP contribution < -0.4 is 21.7 Å². The Morgan fingerprint density at radius 3 is 2.03 bits per heavy atom. The summed E-state index contributed by atoms with van der Waals surface area (Å²) in [6, 6.07) is 1.38. The van der Waals surface area contributed by atoms with Crippen LogP contribution in [0.5, 0.6) is 5.75 Å². The number of nitrogens with two attached hydrogens (primary N) is 1. The van der Waals surface area contributed by atoms with Gasteiger partial charge in [0.05, 0.1) is 12.6 Å². The number of nitrogens with one attached hydrogen (secondary N) is 3. The van der Waals surface area contributed by atoms with E-state index >= 15 is 0 Å². The molecular weight excluding hydrogens is 464 g/mol. The molecular formula is C22H34N4O7S. The number of rotatable bonds is 14. The van der Waals surface area contributed by atoms with E-state index in [4.69, 9.17) is 5.73 Å². The third-order valence-electron chi connectivity index (χ3n) is 5.02. The van der Waals surface area contributed by atoms with Crippen molar-refractivity contribution in [1.82, 2.24) is 16.0 Å². The summed E-state index contributed by atoms with van der Waals surface area (Å²) in [5.74, 6) is -3.18. The second-order valence-corrected chi connectivity index (χ2v) is 9.12. The van der Waals surface area contributed by atoms with E-state index in [0.29, 0.717) is 17.7 Å². The molecule has 0 heterocycles. The van der Waals surface area contributed by atoms with Gasteiger partial charge in [-0.05, 0) is 42.0 Å². The van der Waals surface area contributed by atoms with Crippen LogP contribution in [0, 0.1) is 5.92 Å². The normalized spacial score (nSPS) is 14.5. The van der Waals surface area contributed by atoms with Gasteiger partial charge in [0.2, 0.25) is 17.7 Å². The Balaban J connectivity index is 3.00. The fraction of sp³-hybridized carbons (Fsp3) is 0.545. The number of carboxylic acids is 1. The van der Waals surface area contributed by atoms with Crippen molar-refractivity contribution < 1.29 is 34.5 Å². The van der Waals surface area contributed by atoms with Crippen molar-refractivity contribution in [3.8, 4) is 5.75 Å². The van der Waals surface area contributed by atoms with Gasteiger partial charge in [0, 0.05) is 6.42 Å². The van der Waals surface area contributed by atoms with Gasteiger partial charge < -0.3 is 37.0 Å². The lowest BCUT2D eigenvalue weighted by Gasteiger charge is -2.25. The summed E-state index contributed by atoms with van der Waals surface area (Å²) in [5, 5.41) is 35.6. The van der Waals surface area contributed by atoms with Gasteiger partial charge in [-0.2, -0.15) is 11.8 Å². The van der Waals surface area contributed by atoms with Crippen LogP contribution in [0.15, 0.2) is 24.3 Å². The molecule has 4 atom stereocenters. The van der Waals surface area contributed by atoms with Crippen LogP contribution in [-0.4, -0.2) is 81.8 Å². The topological polar surface area (TPSA) is 191 Å². The van der Waals surface area contributed by atoms with Gasteiger partial charge in [0.1, 0.15) is 23.9 Å². The van der Waals surface area contributed by atoms with E-state index in [9.17, 15) is 34.5 Å². The number of phenolic OH excluding ortho intramolecular Hbond substituents is 1. The Morgan fingerprint density at radius 1 is 0.971 bits per heavy atom. The number of aliphatic hydroxyl groups excluding tert-OH is 1. The zero-order valence-electron chi connectivity index (χ0n) is 19.5. The van der Waals surface area contributed by atoms with Gasteiger partial charge in [-0.15, -0.1) is 0 Å². The van der Waals surface area contributed by atoms with Crippen molar-refractivity contribution in [3.05, 3.63) is 29.8 Å². The lowest BCUT2D eigenvalue weighted by atomic mass is 10.0. The molecule has 0 saturated heterocycles. The van der Waals surface area contributed by atoms with Crippen molar-refractivity contribution in [2.75, 3.05) is 18.6 Å². The van der Waals surface area contributed by atoms with Crippen LogP contribution in [0.1, 0.15) is 25.8 Å². The second-order valence-electron chi connectivity index (χ2n) is 8.13. The lowest BCUT2D eigenvalue weighted by molar-refractivity contribution is -0.143. The number of hydrogen-bond donors (Lipinski definition) is 7. The Labute approximate surface area is 202 Å². The summed E-state index contributed by atoms with van der Waals surface area (Å²) in [4.78, 5) is 49.4. The summed E-state index contributed by atoms with van der Waals surface area (Å²) in [6.07, 6.45) is 2.30. The standard InChI is InChI=1S/C22H34N4O7S/c1-12(2)18(22(32)33)26-21(31)17(11-27)25-20(30)16(10-13-4-6-14(28)7-5-13)24-19(29)15(23)8-9-34-3/h4-7,12,15-18,27-28H,8-11,23H2,1-3H3,(H,24,29)(H,25,30)(H,26,31)(H,32,33). The molecule has 11 nitrogen and oxygen atoms in total. The zero-order valence-corrected chi connectivity index (χ0v) is 20.3. The molecule has 8 N–H and O–H groups in total. The Morgan fingerprint density at radius 2 is 1.53 bits per heavy atom. The van der Waals surface area contributed by atoms with E-state index in [0.717, 1.165) is 0 Å². The van der Waals surface area contributed by atoms with Crippen LogP contribution in [-0.2, 0) is 25.6 Å². The summed E-state index contributed by atoms with van der Waals surface area (Å²) in [7, 11) is 0. The Hall–Kier alpha value is -2.83. The minimum absolute atomic E-state index is 0.0244. The number of aliphatic carboxylic acids is 1. The highest BCUT2D eigenvalue weighted by molar-refractivity contribution is 7.98. The molecule has 0 aliphatic heterocycles. The van der Waals surface area contributed by atoms with E-state index in [1.807, 2.05) is 6.26 Å². The van der Waals surface area contributed by atoms with Crippen LogP contribution in [0.2, 0.25) is 0 Å². The maximum absolute atomic E-state index is 13.0. The number of aromatic hydroxyl groups is 1. The molecule has 0 bridgehead atoms. The molecule has 190 valence electrons. The fourth-order valence-corrected chi connectivity index (χ4v) is 3.46. The van der Waals surface area contributed by atoms with Crippen LogP contribution in [0.25, 0.3) is 0 Å². The van der Waals surface area contributed by atoms with Gasteiger partial charge in [-0.25, -0.2) is 4.79 Å². The molecule has 1 rings (SSSR count). The van der Waals surface area contributed by atoms with E-state index in [-0.39, 0.29) is 12.2 Å². The van der Waals surface area contributed by atoms with Crippen LogP contribution in [0.3, 0.4) is 0 Å². The zero-order chi connectivity index (χ0) is 25.8. The minimum atomic E-state index is -1.43. The highest BCUT2D eigenvalue weighted by Crippen LogP contribution is 2.12. The lowest BCUT2D eigenvalue weighted by Crippen LogP contribution is -2.59. The van der Waals surface area contributed by atoms with Crippen molar-refractivity contribution >= 4 is 35.5 Å². The smallest absolute Gasteiger partial charge is 0.326 e. The predicted molar refractivity (Wildman–Crippen MR) is 128 cm³/mol. The number of carbonyl (C=O) groups excluding carboxylic acids is 3. The highest BCUT2D eigenvalue weighted by atomic mass is 32.2. The number of phenols is 1. The van der Waals surface area contributed by atoms with Crippen LogP contribution >= 0.6 is 11.8 Å². The first-order valence-electron chi connectivity index (χ1n) is 10.8. The van der Waals surface area contributed by atoms with Gasteiger partial charge in [-0.1, -0.05) is 26.0 Å². The van der Waals surface area contributed by atoms with Crippen molar-refractivity contribution in [2.24, 2.45) is 11.7 Å². The molecule has 34 heavy (non-hydrogen) atoms. The molecule has 0 fully saturated rings. The van der Waals surface area contributed by atoms with Crippen molar-refractivity contribution in [1.29, 1.82) is 0 Å². The summed E-state index contributed by atoms with van der Waals surface area (Å²) >= 11 is 1.52. The number of benzene rings is 1. The van der Waals surface area contributed by atoms with E-state index in [2.05, 4.69) is 16.0 Å². The number of carboxylic acid groups (broad SMARTS) is 1. The molecule has 0 radical (unpaired) electrons. The van der Waals surface area contributed by atoms with Gasteiger partial charge in [0.15, 0.2) is 0 Å². The predicted octanol–water partition coefficient (Wildman–Crippen LogP) is -0.798. The molecule has 4 unspecified atom stereocenters. The van der Waals surface area contributed by atoms with E-state index in [1.165, 1.54) is 23.9 Å². The first-order chi connectivity index (χ1) is 16.0. The average Bonchev–Trinajstić information content (AvgIpc) is 2.79. The van der Waals surface area contributed by atoms with Crippen LogP contribution in [0.4, 0.5) is 0 Å². The quantitative estimate of drug-likeness (QED) is 0.172. The van der Waals surface area contributed by atoms with Crippen molar-refractivity contribution in [3.63, 3.8) is 0 Å². The largest absolute Gasteiger partial charge is 0.508 e. The third kappa shape index (κ3) is 9.57. The molecule has 1 aromatic carbocycles. The average molecular weight is 499 g/mol. The number of thioether (sulfide) groups is 1. The number of amides is 3. The third-order valence-corrected chi connectivity index (χ3v) is 5.67. The Bertz CT molecular complexity index is 835. The molecule has 0 aliphatic carbocycles. The van der Waals surface area contributed by atoms with Gasteiger partial charge >= 0.3 is 5.97 Å². The molecule has 0 aliphatic rings. The van der Waals surface area contributed by atoms with Crippen molar-refractivity contribution in [2.45, 2.75) is 50.9 Å². The molecule has 1 aromatic rings. The second kappa shape index (κ2) is 14.4. The monoisotopic (exact) mass is 498 g/mol. The minimum Gasteiger partial charge on any atom is -0.508 e. The van der Waals surface area contributed by atoms with Gasteiger partial charge in [0.25, 0.3) is 0 Å². The maximum atomic E-state index is 13.0. The molecule has 0 spiro atoms. The maximum Gasteiger partial charge on any atom is 0.326 e. The number of aliphatic hydroxyl groups is 1. The highest BCUT2D eigenvalue weighted by Gasteiger charge is 2.31. The van der Waals surface area contributed by atoms with E-state index < -0.39 is 60.4 Å². The first-order valence-corrected chi connectivity index (χ1v) is 12.2. The molecule has 0 aromatic heterocycles. The fourth-order valence-electron chi connectivity index (χ4n) is 2.97. The number of carbonyl (C=O) groups is 4. The molecule has 12 heteroatoms. The molecule has 3 amide bonds. The Kier molecular flexibility index (Phi) is 12.4. The molecule has 0 saturated carbocycles. The summed E-state index contributed by atoms with van der Waals surface area (Å²) in [5.41, 5.74) is 6.52.